The summed E-state index contributed by atoms with van der Waals surface area (Å²) in [4.78, 5) is 128. The molecule has 0 unspecified atom stereocenters. The summed E-state index contributed by atoms with van der Waals surface area (Å²) in [5.74, 6) is -2.27. The summed E-state index contributed by atoms with van der Waals surface area (Å²) in [7, 11) is 0. The van der Waals surface area contributed by atoms with Crippen LogP contribution in [0.1, 0.15) is 86.6 Å². The number of carboxylic acid groups (broad SMARTS) is 1. The van der Waals surface area contributed by atoms with Crippen molar-refractivity contribution in [1.82, 2.24) is 55.7 Å². The molecule has 3 aromatic rings. The molecule has 2 aromatic carbocycles. The number of aromatic nitrogens is 1. The number of carbonyl (C=O) groups excluding carboxylic acids is 8. The zero-order valence-electron chi connectivity index (χ0n) is 51.5. The molecular weight excluding hydrogens is 1320 g/mol. The van der Waals surface area contributed by atoms with Crippen LogP contribution in [0.2, 0.25) is 0 Å². The van der Waals surface area contributed by atoms with Crippen molar-refractivity contribution in [3.63, 3.8) is 0 Å². The molecule has 6 amide bonds. The molecule has 3 saturated heterocycles. The van der Waals surface area contributed by atoms with Gasteiger partial charge in [0.05, 0.1) is 49.9 Å². The summed E-state index contributed by atoms with van der Waals surface area (Å²) in [6.45, 7) is 4.25. The van der Waals surface area contributed by atoms with Crippen LogP contribution in [0.25, 0.3) is 10.9 Å². The third kappa shape index (κ3) is 26.8. The maximum absolute atomic E-state index is 14.0. The van der Waals surface area contributed by atoms with Crippen molar-refractivity contribution < 1.29 is 71.2 Å². The third-order valence-electron chi connectivity index (χ3n) is 16.1. The summed E-state index contributed by atoms with van der Waals surface area (Å²) in [5.41, 5.74) is 1.94. The van der Waals surface area contributed by atoms with Gasteiger partial charge in [0.15, 0.2) is 0 Å². The zero-order valence-corrected chi connectivity index (χ0v) is 54.5. The van der Waals surface area contributed by atoms with Crippen LogP contribution in [0.5, 0.6) is 5.75 Å². The van der Waals surface area contributed by atoms with Gasteiger partial charge >= 0.3 is 5.97 Å². The Morgan fingerprint density at radius 1 is 0.769 bits per heavy atom. The molecule has 0 spiro atoms. The molecule has 1 aromatic heterocycles. The fourth-order valence-corrected chi connectivity index (χ4v) is 12.2. The number of carboxylic acids is 1. The number of fused-ring (bicyclic) bond motifs is 1. The number of thioether (sulfide) groups is 1. The third-order valence-corrected chi connectivity index (χ3v) is 17.9. The second-order valence-corrected chi connectivity index (χ2v) is 25.3. The van der Waals surface area contributed by atoms with E-state index in [1.807, 2.05) is 31.7 Å². The van der Waals surface area contributed by atoms with Gasteiger partial charge in [-0.05, 0) is 122 Å². The minimum Gasteiger partial charge on any atom is -0.494 e. The molecule has 6 rings (SSSR count). The predicted molar refractivity (Wildman–Crippen MR) is 346 cm³/mol. The molecule has 24 nitrogen and oxygen atoms in total. The summed E-state index contributed by atoms with van der Waals surface area (Å²) >= 11 is 3.67. The average Bonchev–Trinajstić information content (AvgIpc) is 1.91. The number of nitrogens with zero attached hydrogens (tertiary/aromatic N) is 7. The highest BCUT2D eigenvalue weighted by Crippen LogP contribution is 2.32. The fraction of sp³-hybridized carbons (Fsp3) is 0.587. The highest BCUT2D eigenvalue weighted by atomic mass is 127. The Balaban J connectivity index is 0.918. The van der Waals surface area contributed by atoms with Crippen molar-refractivity contribution in [2.75, 3.05) is 136 Å². The molecule has 4 heterocycles. The Hall–Kier alpha value is -6.78. The van der Waals surface area contributed by atoms with E-state index in [1.54, 1.807) is 23.1 Å². The lowest BCUT2D eigenvalue weighted by molar-refractivity contribution is -0.139. The first-order valence-electron chi connectivity index (χ1n) is 31.0. The number of halogens is 3. The number of carbonyl (C=O) groups is 9. The van der Waals surface area contributed by atoms with E-state index in [4.69, 9.17) is 20.6 Å². The van der Waals surface area contributed by atoms with Crippen LogP contribution < -0.4 is 26.0 Å². The molecule has 91 heavy (non-hydrogen) atoms. The van der Waals surface area contributed by atoms with Gasteiger partial charge in [0.2, 0.25) is 29.5 Å². The molecule has 3 fully saturated rings. The lowest BCUT2D eigenvalue weighted by Gasteiger charge is -2.33. The predicted octanol–water partition coefficient (Wildman–Crippen LogP) is 3.44. The van der Waals surface area contributed by atoms with Gasteiger partial charge in [0, 0.05) is 124 Å². The van der Waals surface area contributed by atoms with Crippen LogP contribution >= 0.6 is 34.4 Å². The number of ether oxygens (including phenoxy) is 3. The number of hydrogen-bond acceptors (Lipinski definition) is 18. The van der Waals surface area contributed by atoms with Crippen LogP contribution in [0, 0.1) is 21.8 Å². The van der Waals surface area contributed by atoms with E-state index >= 15 is 0 Å². The number of benzene rings is 2. The first-order chi connectivity index (χ1) is 43.9. The monoisotopic (exact) mass is 1400 g/mol. The molecular formula is C63H86F2IN11O13S. The molecule has 28 heteroatoms. The first-order valence-corrected chi connectivity index (χ1v) is 33.2. The molecule has 0 bridgehead atoms. The number of nitrogens with one attached hydrogen (secondary N) is 4. The van der Waals surface area contributed by atoms with Gasteiger partial charge in [-0.25, -0.2) is 8.78 Å². The van der Waals surface area contributed by atoms with Crippen molar-refractivity contribution >= 4 is 99.6 Å². The minimum atomic E-state index is -3.09. The van der Waals surface area contributed by atoms with E-state index in [9.17, 15) is 57.0 Å². The van der Waals surface area contributed by atoms with Crippen LogP contribution in [0.4, 0.5) is 8.78 Å². The molecule has 5 N–H and O–H groups in total. The Bertz CT molecular complexity index is 2910. The number of aryl methyl sites for hydroxylation is 1. The largest absolute Gasteiger partial charge is 0.494 e. The van der Waals surface area contributed by atoms with Gasteiger partial charge in [-0.15, -0.1) is 6.42 Å². The van der Waals surface area contributed by atoms with Gasteiger partial charge in [-0.1, -0.05) is 24.5 Å². The molecule has 0 radical (unpaired) electrons. The van der Waals surface area contributed by atoms with Crippen LogP contribution in [-0.4, -0.2) is 248 Å². The number of likely N-dealkylation sites (tertiary alicyclic amines) is 2. The minimum absolute atomic E-state index is 0.00398. The second-order valence-electron chi connectivity index (χ2n) is 22.9. The number of amides is 6. The number of terminal acetylenes is 1. The molecule has 0 aliphatic carbocycles. The zero-order chi connectivity index (χ0) is 65.4. The summed E-state index contributed by atoms with van der Waals surface area (Å²) < 4.78 is 45.2. The van der Waals surface area contributed by atoms with Crippen molar-refractivity contribution in [1.29, 1.82) is 0 Å². The lowest BCUT2D eigenvalue weighted by atomic mass is 9.92. The quantitative estimate of drug-likeness (QED) is 0.0244. The van der Waals surface area contributed by atoms with Gasteiger partial charge in [0.25, 0.3) is 24.8 Å². The van der Waals surface area contributed by atoms with Gasteiger partial charge in [-0.3, -0.25) is 67.7 Å². The highest BCUT2D eigenvalue weighted by molar-refractivity contribution is 14.1. The van der Waals surface area contributed by atoms with E-state index in [0.717, 1.165) is 46.1 Å². The van der Waals surface area contributed by atoms with Gasteiger partial charge in [-0.2, -0.15) is 11.8 Å². The standard InChI is InChI=1S/C63H86F2IN11O13S/c1-2-50-37-63(64,65)42-77(50)59(83)38-70-61(86)52-18-22-67-54-17-16-51(36-53(52)54)90-34-7-9-48-19-24-76(25-20-48)58(82)11-4-3-5-21-69-62(87)55(41-91-35-23-68-56(80)10-6-8-47-12-14-49(66)15-13-47)71-57(81)39-72-26-27-73(40-60(84)85)29-31-75(44-89-46-79)33-32-74(30-28-72)43-88-45-78/h1,12-18,22,36,45-46,48,50,55H,3-11,19-21,23-35,37-44H2,(H,68,80)(H,69,87)(H,70,86)(H,71,81)(H,84,85)/t50-,55-/m0/s1. The number of unbranched alkanes of at least 4 members (excludes halogenated alkanes) is 2. The van der Waals surface area contributed by atoms with E-state index in [0.29, 0.717) is 165 Å². The number of rotatable bonds is 35. The Morgan fingerprint density at radius 3 is 2.10 bits per heavy atom. The fourth-order valence-electron chi connectivity index (χ4n) is 11.0. The van der Waals surface area contributed by atoms with Crippen molar-refractivity contribution in [2.45, 2.75) is 95.1 Å². The number of aliphatic carboxylic acids is 1. The lowest BCUT2D eigenvalue weighted by Crippen LogP contribution is -2.53. The summed E-state index contributed by atoms with van der Waals surface area (Å²) in [5, 5.41) is 21.6. The Morgan fingerprint density at radius 2 is 1.44 bits per heavy atom. The highest BCUT2D eigenvalue weighted by Gasteiger charge is 2.46. The number of piperidine rings is 1. The van der Waals surface area contributed by atoms with Crippen molar-refractivity contribution in [3.05, 3.63) is 69.4 Å². The van der Waals surface area contributed by atoms with Gasteiger partial charge in [0.1, 0.15) is 25.3 Å². The molecule has 3 aliphatic heterocycles. The Kier molecular flexibility index (Phi) is 31.9. The number of pyridine rings is 1. The van der Waals surface area contributed by atoms with Crippen LogP contribution in [0.3, 0.4) is 0 Å². The van der Waals surface area contributed by atoms with E-state index in [-0.39, 0.29) is 55.6 Å². The molecule has 3 aliphatic rings. The normalized spacial score (nSPS) is 17.5. The van der Waals surface area contributed by atoms with Crippen molar-refractivity contribution in [3.8, 4) is 18.1 Å². The second kappa shape index (κ2) is 39.6. The number of alkyl halides is 2. The van der Waals surface area contributed by atoms with Crippen LogP contribution in [0.15, 0.2) is 54.7 Å². The van der Waals surface area contributed by atoms with Gasteiger partial charge < -0.3 is 50.4 Å². The maximum atomic E-state index is 14.0. The van der Waals surface area contributed by atoms with E-state index in [1.165, 1.54) is 24.0 Å². The maximum Gasteiger partial charge on any atom is 0.317 e. The Labute approximate surface area is 548 Å². The van der Waals surface area contributed by atoms with Crippen LogP contribution in [-0.2, 0) is 54.3 Å². The van der Waals surface area contributed by atoms with E-state index < -0.39 is 61.2 Å². The summed E-state index contributed by atoms with van der Waals surface area (Å²) in [6.07, 6.45) is 13.8. The number of hydrogen-bond donors (Lipinski definition) is 5. The SMILES string of the molecule is C#C[C@H]1CC(F)(F)CN1C(=O)CNC(=O)c1ccnc2ccc(OCCCC3CCN(C(=O)CCCCCNC(=O)[C@H](CSCCNC(=O)CCCc4ccc(I)cc4)NC(=O)CN4CCN(COC=O)CCN(COC=O)CCN(CC(=O)O)CC4)CC3)cc12. The molecule has 498 valence electrons. The van der Waals surface area contributed by atoms with E-state index in [2.05, 4.69) is 66.9 Å². The topological polar surface area (TPSA) is 282 Å². The first kappa shape index (κ1) is 73.3. The molecule has 0 saturated carbocycles. The smallest absolute Gasteiger partial charge is 0.317 e. The van der Waals surface area contributed by atoms with Crippen molar-refractivity contribution in [2.24, 2.45) is 5.92 Å². The average molecular weight is 1400 g/mol. The molecule has 2 atom stereocenters. The summed E-state index contributed by atoms with van der Waals surface area (Å²) in [6, 6.07) is 12.9.